The van der Waals surface area contributed by atoms with Crippen molar-refractivity contribution in [2.75, 3.05) is 0 Å². The van der Waals surface area contributed by atoms with Gasteiger partial charge in [-0.25, -0.2) is 9.97 Å². The third kappa shape index (κ3) is 2.68. The van der Waals surface area contributed by atoms with Crippen LogP contribution in [0, 0.1) is 0 Å². The lowest BCUT2D eigenvalue weighted by atomic mass is 10.2. The van der Waals surface area contributed by atoms with Crippen molar-refractivity contribution in [2.45, 2.75) is 32.9 Å². The van der Waals surface area contributed by atoms with Gasteiger partial charge in [0.1, 0.15) is 5.76 Å². The molecule has 1 atom stereocenters. The van der Waals surface area contributed by atoms with Crippen LogP contribution >= 0.6 is 11.3 Å². The molecule has 86 valence electrons. The third-order valence-corrected chi connectivity index (χ3v) is 3.01. The summed E-state index contributed by atoms with van der Waals surface area (Å²) in [5, 5.41) is 5.37. The Kier molecular flexibility index (Phi) is 3.69. The number of rotatable bonds is 5. The molecule has 0 aromatic carbocycles. The first-order valence-corrected chi connectivity index (χ1v) is 6.29. The summed E-state index contributed by atoms with van der Waals surface area (Å²) in [5.74, 6) is 1.66. The zero-order chi connectivity index (χ0) is 11.4. The molecule has 2 rings (SSSR count). The van der Waals surface area contributed by atoms with E-state index < -0.39 is 0 Å². The van der Waals surface area contributed by atoms with Crippen molar-refractivity contribution in [1.82, 2.24) is 15.3 Å². The van der Waals surface area contributed by atoms with Crippen molar-refractivity contribution in [3.05, 3.63) is 34.4 Å². The summed E-state index contributed by atoms with van der Waals surface area (Å²) in [6.45, 7) is 4.77. The van der Waals surface area contributed by atoms with Crippen LogP contribution in [-0.4, -0.2) is 9.97 Å². The van der Waals surface area contributed by atoms with Gasteiger partial charge in [0, 0.05) is 17.8 Å². The number of nitrogens with one attached hydrogen (secondary N) is 1. The van der Waals surface area contributed by atoms with Crippen molar-refractivity contribution >= 4 is 11.3 Å². The number of thiazole rings is 1. The molecule has 0 fully saturated rings. The smallest absolute Gasteiger partial charge is 0.208 e. The standard InChI is InChI=1S/C11H15N3OS/c1-3-9-4-13-11(15-9)5-12-8(2)10-6-16-7-14-10/h4,6-8,12H,3,5H2,1-2H3. The summed E-state index contributed by atoms with van der Waals surface area (Å²) in [6.07, 6.45) is 2.67. The highest BCUT2D eigenvalue weighted by Crippen LogP contribution is 2.13. The number of aromatic nitrogens is 2. The molecule has 2 aromatic heterocycles. The topological polar surface area (TPSA) is 51.0 Å². The molecular weight excluding hydrogens is 222 g/mol. The predicted molar refractivity (Wildman–Crippen MR) is 63.2 cm³/mol. The molecule has 5 heteroatoms. The van der Waals surface area contributed by atoms with Gasteiger partial charge in [0.25, 0.3) is 0 Å². The lowest BCUT2D eigenvalue weighted by molar-refractivity contribution is 0.422. The van der Waals surface area contributed by atoms with Crippen LogP contribution in [0.2, 0.25) is 0 Å². The van der Waals surface area contributed by atoms with E-state index in [0.29, 0.717) is 6.54 Å². The van der Waals surface area contributed by atoms with Crippen molar-refractivity contribution in [3.63, 3.8) is 0 Å². The highest BCUT2D eigenvalue weighted by Gasteiger charge is 2.08. The maximum absolute atomic E-state index is 5.51. The van der Waals surface area contributed by atoms with E-state index in [0.717, 1.165) is 23.8 Å². The van der Waals surface area contributed by atoms with E-state index in [1.165, 1.54) is 0 Å². The van der Waals surface area contributed by atoms with Gasteiger partial charge in [-0.1, -0.05) is 6.92 Å². The molecule has 4 nitrogen and oxygen atoms in total. The first-order chi connectivity index (χ1) is 7.79. The zero-order valence-corrected chi connectivity index (χ0v) is 10.3. The molecule has 16 heavy (non-hydrogen) atoms. The molecular formula is C11H15N3OS. The van der Waals surface area contributed by atoms with Gasteiger partial charge in [0.05, 0.1) is 23.9 Å². The van der Waals surface area contributed by atoms with E-state index in [-0.39, 0.29) is 6.04 Å². The second-order valence-electron chi connectivity index (χ2n) is 3.59. The predicted octanol–water partition coefficient (Wildman–Crippen LogP) is 2.54. The summed E-state index contributed by atoms with van der Waals surface area (Å²) in [4.78, 5) is 8.45. The highest BCUT2D eigenvalue weighted by atomic mass is 32.1. The molecule has 0 radical (unpaired) electrons. The van der Waals surface area contributed by atoms with Crippen LogP contribution in [-0.2, 0) is 13.0 Å². The average Bonchev–Trinajstić information content (AvgIpc) is 2.96. The number of hydrogen-bond donors (Lipinski definition) is 1. The Morgan fingerprint density at radius 1 is 1.50 bits per heavy atom. The molecule has 0 saturated heterocycles. The molecule has 0 bridgehead atoms. The van der Waals surface area contributed by atoms with E-state index in [2.05, 4.69) is 29.1 Å². The van der Waals surface area contributed by atoms with E-state index in [9.17, 15) is 0 Å². The fraction of sp³-hybridized carbons (Fsp3) is 0.455. The Bertz CT molecular complexity index is 424. The minimum absolute atomic E-state index is 0.225. The summed E-state index contributed by atoms with van der Waals surface area (Å²) >= 11 is 1.61. The van der Waals surface area contributed by atoms with Crippen LogP contribution in [0.15, 0.2) is 21.5 Å². The van der Waals surface area contributed by atoms with Crippen LogP contribution in [0.3, 0.4) is 0 Å². The number of oxazole rings is 1. The quantitative estimate of drug-likeness (QED) is 0.868. The fourth-order valence-corrected chi connectivity index (χ4v) is 2.02. The lowest BCUT2D eigenvalue weighted by Crippen LogP contribution is -2.18. The fourth-order valence-electron chi connectivity index (χ4n) is 1.37. The first-order valence-electron chi connectivity index (χ1n) is 5.34. The van der Waals surface area contributed by atoms with Gasteiger partial charge in [-0.05, 0) is 6.92 Å². The normalized spacial score (nSPS) is 12.9. The van der Waals surface area contributed by atoms with E-state index in [4.69, 9.17) is 4.42 Å². The minimum Gasteiger partial charge on any atom is -0.444 e. The summed E-state index contributed by atoms with van der Waals surface area (Å²) in [5.41, 5.74) is 2.90. The number of nitrogens with zero attached hydrogens (tertiary/aromatic N) is 2. The molecule has 0 aliphatic heterocycles. The van der Waals surface area contributed by atoms with Crippen LogP contribution in [0.4, 0.5) is 0 Å². The Hall–Kier alpha value is -1.20. The van der Waals surface area contributed by atoms with E-state index in [1.807, 2.05) is 10.9 Å². The third-order valence-electron chi connectivity index (χ3n) is 2.40. The maximum atomic E-state index is 5.51. The second kappa shape index (κ2) is 5.23. The molecule has 2 aromatic rings. The minimum atomic E-state index is 0.225. The van der Waals surface area contributed by atoms with Gasteiger partial charge < -0.3 is 9.73 Å². The summed E-state index contributed by atoms with van der Waals surface area (Å²) in [6, 6.07) is 0.225. The van der Waals surface area contributed by atoms with Crippen LogP contribution < -0.4 is 5.32 Å². The maximum Gasteiger partial charge on any atom is 0.208 e. The molecule has 0 aliphatic rings. The molecule has 0 aliphatic carbocycles. The van der Waals surface area contributed by atoms with E-state index in [1.54, 1.807) is 17.5 Å². The van der Waals surface area contributed by atoms with Gasteiger partial charge >= 0.3 is 0 Å². The Balaban J connectivity index is 1.87. The second-order valence-corrected chi connectivity index (χ2v) is 4.31. The van der Waals surface area contributed by atoms with Crippen molar-refractivity contribution in [3.8, 4) is 0 Å². The van der Waals surface area contributed by atoms with Gasteiger partial charge in [0.2, 0.25) is 5.89 Å². The SMILES string of the molecule is CCc1cnc(CNC(C)c2cscn2)o1. The summed E-state index contributed by atoms with van der Waals surface area (Å²) < 4.78 is 5.51. The summed E-state index contributed by atoms with van der Waals surface area (Å²) in [7, 11) is 0. The molecule has 1 N–H and O–H groups in total. The highest BCUT2D eigenvalue weighted by molar-refractivity contribution is 7.07. The van der Waals surface area contributed by atoms with Crippen LogP contribution in [0.1, 0.15) is 37.2 Å². The number of hydrogen-bond acceptors (Lipinski definition) is 5. The Morgan fingerprint density at radius 2 is 2.38 bits per heavy atom. The molecule has 1 unspecified atom stereocenters. The van der Waals surface area contributed by atoms with E-state index >= 15 is 0 Å². The number of aryl methyl sites for hydroxylation is 1. The van der Waals surface area contributed by atoms with Gasteiger partial charge in [-0.2, -0.15) is 0 Å². The van der Waals surface area contributed by atoms with Gasteiger partial charge in [0.15, 0.2) is 0 Å². The van der Waals surface area contributed by atoms with Crippen molar-refractivity contribution < 1.29 is 4.42 Å². The Labute approximate surface area is 98.7 Å². The van der Waals surface area contributed by atoms with Crippen molar-refractivity contribution in [2.24, 2.45) is 0 Å². The van der Waals surface area contributed by atoms with Gasteiger partial charge in [-0.3, -0.25) is 0 Å². The van der Waals surface area contributed by atoms with Crippen molar-refractivity contribution in [1.29, 1.82) is 0 Å². The average molecular weight is 237 g/mol. The zero-order valence-electron chi connectivity index (χ0n) is 9.43. The molecule has 0 amide bonds. The van der Waals surface area contributed by atoms with Gasteiger partial charge in [-0.15, -0.1) is 11.3 Å². The molecule has 2 heterocycles. The first kappa shape index (κ1) is 11.3. The largest absolute Gasteiger partial charge is 0.444 e. The molecule has 0 spiro atoms. The Morgan fingerprint density at radius 3 is 3.00 bits per heavy atom. The van der Waals surface area contributed by atoms with Crippen LogP contribution in [0.25, 0.3) is 0 Å². The van der Waals surface area contributed by atoms with Crippen LogP contribution in [0.5, 0.6) is 0 Å². The lowest BCUT2D eigenvalue weighted by Gasteiger charge is -2.08. The molecule has 0 saturated carbocycles. The monoisotopic (exact) mass is 237 g/mol.